The molecule has 18 heavy (non-hydrogen) atoms. The van der Waals surface area contributed by atoms with E-state index in [4.69, 9.17) is 0 Å². The lowest BCUT2D eigenvalue weighted by atomic mass is 10.0. The Morgan fingerprint density at radius 3 is 2.67 bits per heavy atom. The van der Waals surface area contributed by atoms with Crippen LogP contribution in [0.2, 0.25) is 0 Å². The first-order chi connectivity index (χ1) is 8.65. The number of hydrogen-bond acceptors (Lipinski definition) is 3. The van der Waals surface area contributed by atoms with Crippen LogP contribution in [0.4, 0.5) is 0 Å². The summed E-state index contributed by atoms with van der Waals surface area (Å²) in [6.07, 6.45) is 4.00. The highest BCUT2D eigenvalue weighted by molar-refractivity contribution is 5.32. The lowest BCUT2D eigenvalue weighted by molar-refractivity contribution is 0.652. The number of aromatic nitrogens is 3. The molecule has 0 aliphatic rings. The lowest BCUT2D eigenvalue weighted by Gasteiger charge is -2.17. The number of aryl methyl sites for hydroxylation is 3. The van der Waals surface area contributed by atoms with Gasteiger partial charge in [-0.2, -0.15) is 5.10 Å². The summed E-state index contributed by atoms with van der Waals surface area (Å²) in [5.41, 5.74) is 4.50. The normalized spacial score (nSPS) is 12.7. The predicted octanol–water partition coefficient (Wildman–Crippen LogP) is 2.22. The van der Waals surface area contributed by atoms with Gasteiger partial charge in [-0.3, -0.25) is 9.67 Å². The van der Waals surface area contributed by atoms with Crippen molar-refractivity contribution in [3.8, 4) is 0 Å². The van der Waals surface area contributed by atoms with Crippen LogP contribution in [-0.4, -0.2) is 21.8 Å². The largest absolute Gasteiger partial charge is 0.309 e. The summed E-state index contributed by atoms with van der Waals surface area (Å²) < 4.78 is 1.94. The Balaban J connectivity index is 2.38. The summed E-state index contributed by atoms with van der Waals surface area (Å²) in [6, 6.07) is 4.34. The second-order valence-electron chi connectivity index (χ2n) is 4.48. The van der Waals surface area contributed by atoms with Gasteiger partial charge in [0.05, 0.1) is 12.2 Å². The molecule has 0 aliphatic carbocycles. The molecule has 0 amide bonds. The van der Waals surface area contributed by atoms with Gasteiger partial charge in [0.2, 0.25) is 0 Å². The van der Waals surface area contributed by atoms with Gasteiger partial charge in [-0.1, -0.05) is 6.07 Å². The first kappa shape index (κ1) is 12.8. The number of hydrogen-bond donors (Lipinski definition) is 1. The Morgan fingerprint density at radius 2 is 2.11 bits per heavy atom. The molecule has 96 valence electrons. The molecule has 1 atom stereocenters. The third-order valence-electron chi connectivity index (χ3n) is 3.18. The molecule has 2 heterocycles. The molecule has 4 heteroatoms. The third kappa shape index (κ3) is 2.43. The fourth-order valence-electron chi connectivity index (χ4n) is 2.21. The maximum atomic E-state index is 4.53. The van der Waals surface area contributed by atoms with E-state index in [9.17, 15) is 0 Å². The molecular formula is C14H20N4. The summed E-state index contributed by atoms with van der Waals surface area (Å²) in [6.45, 7) is 7.04. The molecule has 1 unspecified atom stereocenters. The molecule has 0 radical (unpaired) electrons. The van der Waals surface area contributed by atoms with Crippen LogP contribution in [0.15, 0.2) is 24.5 Å². The summed E-state index contributed by atoms with van der Waals surface area (Å²) in [7, 11) is 1.97. The zero-order chi connectivity index (χ0) is 13.1. The van der Waals surface area contributed by atoms with E-state index >= 15 is 0 Å². The van der Waals surface area contributed by atoms with Gasteiger partial charge in [0, 0.05) is 29.7 Å². The van der Waals surface area contributed by atoms with Crippen LogP contribution >= 0.6 is 0 Å². The quantitative estimate of drug-likeness (QED) is 0.896. The van der Waals surface area contributed by atoms with Gasteiger partial charge in [-0.25, -0.2) is 0 Å². The minimum absolute atomic E-state index is 0.151. The van der Waals surface area contributed by atoms with Gasteiger partial charge in [-0.05, 0) is 39.4 Å². The van der Waals surface area contributed by atoms with Crippen molar-refractivity contribution >= 4 is 0 Å². The predicted molar refractivity (Wildman–Crippen MR) is 72.5 cm³/mol. The van der Waals surface area contributed by atoms with Crippen molar-refractivity contribution in [3.05, 3.63) is 47.0 Å². The zero-order valence-corrected chi connectivity index (χ0v) is 11.4. The van der Waals surface area contributed by atoms with Gasteiger partial charge in [0.25, 0.3) is 0 Å². The summed E-state index contributed by atoms with van der Waals surface area (Å²) in [5.74, 6) is 0. The second kappa shape index (κ2) is 5.31. The molecule has 2 aromatic rings. The van der Waals surface area contributed by atoms with Crippen LogP contribution < -0.4 is 5.32 Å². The van der Waals surface area contributed by atoms with Crippen molar-refractivity contribution in [2.45, 2.75) is 33.4 Å². The van der Waals surface area contributed by atoms with E-state index in [1.807, 2.05) is 24.9 Å². The van der Waals surface area contributed by atoms with E-state index in [-0.39, 0.29) is 6.04 Å². The molecule has 4 nitrogen and oxygen atoms in total. The Kier molecular flexibility index (Phi) is 3.77. The first-order valence-electron chi connectivity index (χ1n) is 6.29. The maximum absolute atomic E-state index is 4.53. The Bertz CT molecular complexity index is 530. The van der Waals surface area contributed by atoms with Crippen LogP contribution in [0, 0.1) is 13.8 Å². The van der Waals surface area contributed by atoms with Crippen LogP contribution in [0.25, 0.3) is 0 Å². The van der Waals surface area contributed by atoms with Gasteiger partial charge in [0.1, 0.15) is 0 Å². The number of pyridine rings is 1. The van der Waals surface area contributed by atoms with E-state index in [0.717, 1.165) is 17.9 Å². The zero-order valence-electron chi connectivity index (χ0n) is 11.4. The standard InChI is InChI=1S/C14H20N4/c1-5-18-9-12(8-16-18)14(15-4)13-7-6-10(2)17-11(13)3/h6-9,14-15H,5H2,1-4H3. The minimum atomic E-state index is 0.151. The highest BCUT2D eigenvalue weighted by Crippen LogP contribution is 2.23. The van der Waals surface area contributed by atoms with Gasteiger partial charge < -0.3 is 5.32 Å². The number of nitrogens with one attached hydrogen (secondary N) is 1. The fourth-order valence-corrected chi connectivity index (χ4v) is 2.21. The summed E-state index contributed by atoms with van der Waals surface area (Å²) >= 11 is 0. The Labute approximate surface area is 108 Å². The molecule has 0 saturated carbocycles. The molecule has 0 fully saturated rings. The van der Waals surface area contributed by atoms with Gasteiger partial charge in [0.15, 0.2) is 0 Å². The number of rotatable bonds is 4. The van der Waals surface area contributed by atoms with Crippen molar-refractivity contribution < 1.29 is 0 Å². The molecule has 0 bridgehead atoms. The van der Waals surface area contributed by atoms with Crippen LogP contribution in [0.3, 0.4) is 0 Å². The molecule has 2 rings (SSSR count). The van der Waals surface area contributed by atoms with E-state index in [2.05, 4.69) is 47.6 Å². The van der Waals surface area contributed by atoms with E-state index in [1.165, 1.54) is 11.1 Å². The minimum Gasteiger partial charge on any atom is -0.309 e. The van der Waals surface area contributed by atoms with Crippen molar-refractivity contribution in [2.24, 2.45) is 0 Å². The summed E-state index contributed by atoms with van der Waals surface area (Å²) in [4.78, 5) is 4.53. The SMILES string of the molecule is CCn1cc(C(NC)c2ccc(C)nc2C)cn1. The Morgan fingerprint density at radius 1 is 1.33 bits per heavy atom. The monoisotopic (exact) mass is 244 g/mol. The highest BCUT2D eigenvalue weighted by atomic mass is 15.3. The van der Waals surface area contributed by atoms with Gasteiger partial charge in [-0.15, -0.1) is 0 Å². The maximum Gasteiger partial charge on any atom is 0.0623 e. The molecule has 2 aromatic heterocycles. The molecule has 0 aromatic carbocycles. The second-order valence-corrected chi connectivity index (χ2v) is 4.48. The van der Waals surface area contributed by atoms with Crippen LogP contribution in [-0.2, 0) is 6.54 Å². The number of nitrogens with zero attached hydrogens (tertiary/aromatic N) is 3. The third-order valence-corrected chi connectivity index (χ3v) is 3.18. The first-order valence-corrected chi connectivity index (χ1v) is 6.29. The fraction of sp³-hybridized carbons (Fsp3) is 0.429. The van der Waals surface area contributed by atoms with Crippen molar-refractivity contribution in [3.63, 3.8) is 0 Å². The Hall–Kier alpha value is -1.68. The summed E-state index contributed by atoms with van der Waals surface area (Å²) in [5, 5.41) is 7.67. The molecule has 1 N–H and O–H groups in total. The molecule has 0 spiro atoms. The van der Waals surface area contributed by atoms with Crippen molar-refractivity contribution in [2.75, 3.05) is 7.05 Å². The topological polar surface area (TPSA) is 42.7 Å². The lowest BCUT2D eigenvalue weighted by Crippen LogP contribution is -2.18. The van der Waals surface area contributed by atoms with Crippen LogP contribution in [0.1, 0.15) is 35.5 Å². The van der Waals surface area contributed by atoms with Crippen LogP contribution in [0.5, 0.6) is 0 Å². The van der Waals surface area contributed by atoms with E-state index < -0.39 is 0 Å². The van der Waals surface area contributed by atoms with E-state index in [0.29, 0.717) is 0 Å². The molecule has 0 saturated heterocycles. The van der Waals surface area contributed by atoms with E-state index in [1.54, 1.807) is 0 Å². The average Bonchev–Trinajstić information content (AvgIpc) is 2.81. The van der Waals surface area contributed by atoms with Crippen molar-refractivity contribution in [1.82, 2.24) is 20.1 Å². The highest BCUT2D eigenvalue weighted by Gasteiger charge is 2.16. The molecule has 0 aliphatic heterocycles. The average molecular weight is 244 g/mol. The van der Waals surface area contributed by atoms with Crippen molar-refractivity contribution in [1.29, 1.82) is 0 Å². The van der Waals surface area contributed by atoms with Gasteiger partial charge >= 0.3 is 0 Å². The smallest absolute Gasteiger partial charge is 0.0623 e. The molecular weight excluding hydrogens is 224 g/mol.